The SMILES string of the molecule is C[C@H]1C[C@H]1C(=O)Nc1cccc(C(=O)NCCSCc2ccccc2)c1. The van der Waals surface area contributed by atoms with E-state index in [2.05, 4.69) is 29.7 Å². The highest BCUT2D eigenvalue weighted by atomic mass is 32.2. The highest BCUT2D eigenvalue weighted by molar-refractivity contribution is 7.98. The maximum absolute atomic E-state index is 12.3. The molecule has 1 aliphatic rings. The number of amides is 2. The van der Waals surface area contributed by atoms with Crippen LogP contribution in [0, 0.1) is 11.8 Å². The van der Waals surface area contributed by atoms with Crippen molar-refractivity contribution in [3.63, 3.8) is 0 Å². The number of nitrogens with one attached hydrogen (secondary N) is 2. The second-order valence-electron chi connectivity index (χ2n) is 6.68. The quantitative estimate of drug-likeness (QED) is 0.694. The first kappa shape index (κ1) is 18.5. The fraction of sp³-hybridized carbons (Fsp3) is 0.333. The number of carbonyl (C=O) groups excluding carboxylic acids is 2. The lowest BCUT2D eigenvalue weighted by Crippen LogP contribution is -2.26. The average molecular weight is 369 g/mol. The Hall–Kier alpha value is -2.27. The normalized spacial score (nSPS) is 18.2. The van der Waals surface area contributed by atoms with E-state index in [4.69, 9.17) is 0 Å². The molecule has 2 aromatic carbocycles. The van der Waals surface area contributed by atoms with Gasteiger partial charge in [-0.3, -0.25) is 9.59 Å². The van der Waals surface area contributed by atoms with Gasteiger partial charge in [-0.2, -0.15) is 11.8 Å². The Kier molecular flexibility index (Phi) is 6.34. The van der Waals surface area contributed by atoms with Crippen LogP contribution in [0.4, 0.5) is 5.69 Å². The highest BCUT2D eigenvalue weighted by Gasteiger charge is 2.39. The molecule has 136 valence electrons. The number of rotatable bonds is 8. The Morgan fingerprint density at radius 1 is 1.12 bits per heavy atom. The van der Waals surface area contributed by atoms with E-state index in [0.29, 0.717) is 23.7 Å². The number of benzene rings is 2. The molecule has 2 aromatic rings. The third-order valence-corrected chi connectivity index (χ3v) is 5.51. The fourth-order valence-electron chi connectivity index (χ4n) is 2.76. The molecule has 0 aromatic heterocycles. The van der Waals surface area contributed by atoms with Crippen LogP contribution in [0.2, 0.25) is 0 Å². The van der Waals surface area contributed by atoms with Crippen molar-refractivity contribution >= 4 is 29.3 Å². The Morgan fingerprint density at radius 2 is 1.88 bits per heavy atom. The summed E-state index contributed by atoms with van der Waals surface area (Å²) in [6, 6.07) is 17.4. The lowest BCUT2D eigenvalue weighted by molar-refractivity contribution is -0.117. The van der Waals surface area contributed by atoms with Crippen LogP contribution in [0.15, 0.2) is 54.6 Å². The molecule has 0 radical (unpaired) electrons. The number of hydrogen-bond acceptors (Lipinski definition) is 3. The number of anilines is 1. The maximum Gasteiger partial charge on any atom is 0.251 e. The van der Waals surface area contributed by atoms with Gasteiger partial charge < -0.3 is 10.6 Å². The summed E-state index contributed by atoms with van der Waals surface area (Å²) in [6.45, 7) is 2.69. The third-order valence-electron chi connectivity index (χ3n) is 4.48. The zero-order valence-electron chi connectivity index (χ0n) is 14.9. The third kappa shape index (κ3) is 5.36. The van der Waals surface area contributed by atoms with Gasteiger partial charge in [-0.1, -0.05) is 43.3 Å². The van der Waals surface area contributed by atoms with Crippen LogP contribution in [-0.2, 0) is 10.5 Å². The Balaban J connectivity index is 1.41. The maximum atomic E-state index is 12.3. The van der Waals surface area contributed by atoms with E-state index in [9.17, 15) is 9.59 Å². The van der Waals surface area contributed by atoms with Crippen molar-refractivity contribution in [2.45, 2.75) is 19.1 Å². The highest BCUT2D eigenvalue weighted by Crippen LogP contribution is 2.38. The molecular formula is C21H24N2O2S. The van der Waals surface area contributed by atoms with Crippen molar-refractivity contribution in [1.82, 2.24) is 5.32 Å². The molecule has 2 amide bonds. The van der Waals surface area contributed by atoms with Gasteiger partial charge in [-0.25, -0.2) is 0 Å². The molecule has 0 saturated heterocycles. The number of thioether (sulfide) groups is 1. The summed E-state index contributed by atoms with van der Waals surface area (Å²) in [4.78, 5) is 24.3. The van der Waals surface area contributed by atoms with Gasteiger partial charge in [0.05, 0.1) is 0 Å². The van der Waals surface area contributed by atoms with E-state index in [1.807, 2.05) is 24.3 Å². The predicted molar refractivity (Wildman–Crippen MR) is 107 cm³/mol. The minimum atomic E-state index is -0.110. The first-order chi connectivity index (χ1) is 12.6. The second kappa shape index (κ2) is 8.90. The summed E-state index contributed by atoms with van der Waals surface area (Å²) in [5.41, 5.74) is 2.54. The van der Waals surface area contributed by atoms with Crippen molar-refractivity contribution in [1.29, 1.82) is 0 Å². The second-order valence-corrected chi connectivity index (χ2v) is 7.79. The zero-order chi connectivity index (χ0) is 18.4. The standard InChI is InChI=1S/C21H24N2O2S/c1-15-12-19(15)21(25)23-18-9-5-8-17(13-18)20(24)22-10-11-26-14-16-6-3-2-4-7-16/h2-9,13,15,19H,10-12,14H2,1H3,(H,22,24)(H,23,25)/t15-,19+/m0/s1. The van der Waals surface area contributed by atoms with E-state index in [0.717, 1.165) is 17.9 Å². The summed E-state index contributed by atoms with van der Waals surface area (Å²) < 4.78 is 0. The van der Waals surface area contributed by atoms with E-state index >= 15 is 0 Å². The minimum Gasteiger partial charge on any atom is -0.351 e. The molecule has 0 heterocycles. The summed E-state index contributed by atoms with van der Waals surface area (Å²) >= 11 is 1.79. The zero-order valence-corrected chi connectivity index (χ0v) is 15.7. The summed E-state index contributed by atoms with van der Waals surface area (Å²) in [5, 5.41) is 5.84. The molecule has 0 aliphatic heterocycles. The van der Waals surface area contributed by atoms with Crippen LogP contribution in [-0.4, -0.2) is 24.1 Å². The summed E-state index contributed by atoms with van der Waals surface area (Å²) in [6.07, 6.45) is 0.951. The van der Waals surface area contributed by atoms with Gasteiger partial charge in [0.15, 0.2) is 0 Å². The molecule has 4 nitrogen and oxygen atoms in total. The van der Waals surface area contributed by atoms with Gasteiger partial charge in [0, 0.05) is 35.2 Å². The monoisotopic (exact) mass is 368 g/mol. The van der Waals surface area contributed by atoms with Gasteiger partial charge in [-0.15, -0.1) is 0 Å². The van der Waals surface area contributed by atoms with Crippen LogP contribution >= 0.6 is 11.8 Å². The molecule has 0 unspecified atom stereocenters. The topological polar surface area (TPSA) is 58.2 Å². The molecule has 0 bridgehead atoms. The predicted octanol–water partition coefficient (Wildman–Crippen LogP) is 3.94. The van der Waals surface area contributed by atoms with Crippen molar-refractivity contribution in [3.05, 3.63) is 65.7 Å². The van der Waals surface area contributed by atoms with Crippen LogP contribution in [0.1, 0.15) is 29.3 Å². The summed E-state index contributed by atoms with van der Waals surface area (Å²) in [5.74, 6) is 2.33. The Bertz CT molecular complexity index is 764. The lowest BCUT2D eigenvalue weighted by Gasteiger charge is -2.08. The van der Waals surface area contributed by atoms with Crippen LogP contribution in [0.5, 0.6) is 0 Å². The van der Waals surface area contributed by atoms with Gasteiger partial charge in [0.1, 0.15) is 0 Å². The summed E-state index contributed by atoms with van der Waals surface area (Å²) in [7, 11) is 0. The van der Waals surface area contributed by atoms with Crippen LogP contribution in [0.3, 0.4) is 0 Å². The Labute approximate surface area is 158 Å². The molecule has 5 heteroatoms. The molecule has 2 atom stereocenters. The van der Waals surface area contributed by atoms with Crippen molar-refractivity contribution in [2.75, 3.05) is 17.6 Å². The number of carbonyl (C=O) groups is 2. The van der Waals surface area contributed by atoms with E-state index in [1.54, 1.807) is 30.0 Å². The smallest absolute Gasteiger partial charge is 0.251 e. The van der Waals surface area contributed by atoms with Crippen molar-refractivity contribution in [2.24, 2.45) is 11.8 Å². The van der Waals surface area contributed by atoms with Gasteiger partial charge in [-0.05, 0) is 36.1 Å². The molecular weight excluding hydrogens is 344 g/mol. The molecule has 26 heavy (non-hydrogen) atoms. The van der Waals surface area contributed by atoms with Crippen LogP contribution in [0.25, 0.3) is 0 Å². The average Bonchev–Trinajstić information content (AvgIpc) is 3.39. The molecule has 1 saturated carbocycles. The first-order valence-corrected chi connectivity index (χ1v) is 10.1. The molecule has 2 N–H and O–H groups in total. The van der Waals surface area contributed by atoms with Gasteiger partial charge in [0.25, 0.3) is 5.91 Å². The van der Waals surface area contributed by atoms with E-state index in [1.165, 1.54) is 5.56 Å². The lowest BCUT2D eigenvalue weighted by atomic mass is 10.2. The van der Waals surface area contributed by atoms with Crippen LogP contribution < -0.4 is 10.6 Å². The number of hydrogen-bond donors (Lipinski definition) is 2. The molecule has 0 spiro atoms. The molecule has 3 rings (SSSR count). The minimum absolute atomic E-state index is 0.0485. The fourth-order valence-corrected chi connectivity index (χ4v) is 3.58. The van der Waals surface area contributed by atoms with Crippen molar-refractivity contribution < 1.29 is 9.59 Å². The van der Waals surface area contributed by atoms with E-state index in [-0.39, 0.29) is 17.7 Å². The van der Waals surface area contributed by atoms with Gasteiger partial charge >= 0.3 is 0 Å². The first-order valence-electron chi connectivity index (χ1n) is 8.94. The largest absolute Gasteiger partial charge is 0.351 e. The molecule has 1 aliphatic carbocycles. The molecule has 1 fully saturated rings. The van der Waals surface area contributed by atoms with Gasteiger partial charge in [0.2, 0.25) is 5.91 Å². The van der Waals surface area contributed by atoms with E-state index < -0.39 is 0 Å². The Morgan fingerprint density at radius 3 is 2.62 bits per heavy atom. The van der Waals surface area contributed by atoms with Crippen molar-refractivity contribution in [3.8, 4) is 0 Å².